The highest BCUT2D eigenvalue weighted by atomic mass is 35.5. The molecule has 1 nitrogen and oxygen atoms in total. The van der Waals surface area contributed by atoms with Gasteiger partial charge in [-0.05, 0) is 12.1 Å². The number of Topliss-reactive ketones (excluding diaryl/α,β-unsaturated/α-hetero) is 1. The van der Waals surface area contributed by atoms with E-state index in [0.29, 0.717) is 6.07 Å². The van der Waals surface area contributed by atoms with Gasteiger partial charge in [-0.2, -0.15) is 22.0 Å². The van der Waals surface area contributed by atoms with Gasteiger partial charge in [-0.3, -0.25) is 4.79 Å². The second-order valence-corrected chi connectivity index (χ2v) is 3.41. The fourth-order valence-corrected chi connectivity index (χ4v) is 1.25. The van der Waals surface area contributed by atoms with E-state index in [1.807, 2.05) is 0 Å². The summed E-state index contributed by atoms with van der Waals surface area (Å²) < 4.78 is 74.0. The van der Waals surface area contributed by atoms with Crippen LogP contribution in [0.25, 0.3) is 0 Å². The lowest BCUT2D eigenvalue weighted by Crippen LogP contribution is -2.44. The average molecular weight is 277 g/mol. The molecule has 0 fully saturated rings. The fourth-order valence-electron chi connectivity index (χ4n) is 1.00. The van der Waals surface area contributed by atoms with Gasteiger partial charge in [-0.15, -0.1) is 0 Å². The van der Waals surface area contributed by atoms with E-state index in [2.05, 4.69) is 0 Å². The topological polar surface area (TPSA) is 17.1 Å². The monoisotopic (exact) mass is 276 g/mol. The van der Waals surface area contributed by atoms with Crippen molar-refractivity contribution < 1.29 is 31.1 Å². The minimum absolute atomic E-state index is 0.561. The summed E-state index contributed by atoms with van der Waals surface area (Å²) in [6, 6.07) is 2.37. The Morgan fingerprint density at radius 1 is 1.12 bits per heavy atom. The van der Waals surface area contributed by atoms with Crippen LogP contribution in [0.2, 0.25) is 5.02 Å². The quantitative estimate of drug-likeness (QED) is 0.592. The molecule has 0 spiro atoms. The Hall–Kier alpha value is -1.24. The zero-order valence-electron chi connectivity index (χ0n) is 7.79. The molecular weight excluding hydrogens is 274 g/mol. The van der Waals surface area contributed by atoms with E-state index in [1.165, 1.54) is 0 Å². The average Bonchev–Trinajstić information content (AvgIpc) is 2.15. The first-order chi connectivity index (χ1) is 7.59. The van der Waals surface area contributed by atoms with Gasteiger partial charge in [0, 0.05) is 0 Å². The maximum absolute atomic E-state index is 13.0. The number of hydrogen-bond acceptors (Lipinski definition) is 1. The number of carbonyl (C=O) groups is 1. The first kappa shape index (κ1) is 13.8. The molecular formula is C9H3ClF6O. The third-order valence-corrected chi connectivity index (χ3v) is 2.15. The van der Waals surface area contributed by atoms with E-state index in [1.54, 1.807) is 0 Å². The van der Waals surface area contributed by atoms with Crippen molar-refractivity contribution in [1.82, 2.24) is 0 Å². The minimum Gasteiger partial charge on any atom is -0.287 e. The zero-order valence-corrected chi connectivity index (χ0v) is 8.54. The lowest BCUT2D eigenvalue weighted by atomic mass is 10.0. The van der Waals surface area contributed by atoms with E-state index in [4.69, 9.17) is 11.6 Å². The minimum atomic E-state index is -6.10. The van der Waals surface area contributed by atoms with Crippen molar-refractivity contribution in [2.45, 2.75) is 12.1 Å². The highest BCUT2D eigenvalue weighted by molar-refractivity contribution is 6.34. The Kier molecular flexibility index (Phi) is 3.42. The molecule has 0 N–H and O–H groups in total. The zero-order chi connectivity index (χ0) is 13.4. The molecule has 0 aliphatic heterocycles. The van der Waals surface area contributed by atoms with Gasteiger partial charge in [0.25, 0.3) is 0 Å². The Bertz CT molecular complexity index is 433. The predicted molar refractivity (Wildman–Crippen MR) is 46.7 cm³/mol. The number of ketones is 1. The van der Waals surface area contributed by atoms with Crippen molar-refractivity contribution in [2.24, 2.45) is 0 Å². The Balaban J connectivity index is 3.32. The van der Waals surface area contributed by atoms with E-state index in [-0.39, 0.29) is 0 Å². The van der Waals surface area contributed by atoms with Crippen LogP contribution in [0.3, 0.4) is 0 Å². The number of hydrogen-bond donors (Lipinski definition) is 0. The molecule has 8 heteroatoms. The van der Waals surface area contributed by atoms with Crippen LogP contribution in [0.1, 0.15) is 10.4 Å². The van der Waals surface area contributed by atoms with E-state index in [9.17, 15) is 31.1 Å². The summed E-state index contributed by atoms with van der Waals surface area (Å²) in [5.74, 6) is -9.93. The van der Waals surface area contributed by atoms with Crippen LogP contribution in [0.15, 0.2) is 18.2 Å². The van der Waals surface area contributed by atoms with Crippen LogP contribution < -0.4 is 0 Å². The van der Waals surface area contributed by atoms with Gasteiger partial charge >= 0.3 is 12.1 Å². The standard InChI is InChI=1S/C9H3ClF6O/c10-4-2-1-3-5(11)6(4)7(17)8(12,13)9(14,15)16/h1-3H. The SMILES string of the molecule is O=C(c1c(F)cccc1Cl)C(F)(F)C(F)(F)F. The van der Waals surface area contributed by atoms with Crippen LogP contribution in [0.4, 0.5) is 26.3 Å². The molecule has 17 heavy (non-hydrogen) atoms. The number of halogens is 7. The summed E-state index contributed by atoms with van der Waals surface area (Å²) in [4.78, 5) is 11.0. The summed E-state index contributed by atoms with van der Waals surface area (Å²) in [7, 11) is 0. The van der Waals surface area contributed by atoms with Crippen molar-refractivity contribution in [2.75, 3.05) is 0 Å². The maximum atomic E-state index is 13.0. The highest BCUT2D eigenvalue weighted by Gasteiger charge is 2.63. The molecule has 0 aliphatic carbocycles. The first-order valence-corrected chi connectivity index (χ1v) is 4.40. The van der Waals surface area contributed by atoms with Gasteiger partial charge in [0.05, 0.1) is 10.6 Å². The summed E-state index contributed by atoms with van der Waals surface area (Å²) in [6.45, 7) is 0. The molecule has 1 aromatic carbocycles. The lowest BCUT2D eigenvalue weighted by Gasteiger charge is -2.18. The van der Waals surface area contributed by atoms with E-state index >= 15 is 0 Å². The molecule has 0 saturated heterocycles. The van der Waals surface area contributed by atoms with Gasteiger partial charge in [-0.1, -0.05) is 17.7 Å². The van der Waals surface area contributed by atoms with Crippen molar-refractivity contribution >= 4 is 17.4 Å². The number of alkyl halides is 5. The molecule has 0 heterocycles. The molecule has 94 valence electrons. The van der Waals surface area contributed by atoms with Crippen molar-refractivity contribution in [1.29, 1.82) is 0 Å². The smallest absolute Gasteiger partial charge is 0.287 e. The third-order valence-electron chi connectivity index (χ3n) is 1.83. The van der Waals surface area contributed by atoms with Crippen molar-refractivity contribution in [3.05, 3.63) is 34.6 Å². The molecule has 0 atom stereocenters. The third kappa shape index (κ3) is 2.38. The van der Waals surface area contributed by atoms with Crippen molar-refractivity contribution in [3.8, 4) is 0 Å². The largest absolute Gasteiger partial charge is 0.461 e. The molecule has 0 saturated carbocycles. The molecule has 1 rings (SSSR count). The second kappa shape index (κ2) is 4.21. The Labute approximate surface area is 96.0 Å². The lowest BCUT2D eigenvalue weighted by molar-refractivity contribution is -0.255. The van der Waals surface area contributed by atoms with Crippen LogP contribution in [0.5, 0.6) is 0 Å². The Morgan fingerprint density at radius 2 is 1.65 bits per heavy atom. The Morgan fingerprint density at radius 3 is 2.06 bits per heavy atom. The summed E-state index contributed by atoms with van der Waals surface area (Å²) >= 11 is 5.22. The highest BCUT2D eigenvalue weighted by Crippen LogP contribution is 2.39. The maximum Gasteiger partial charge on any atom is 0.461 e. The van der Waals surface area contributed by atoms with E-state index in [0.717, 1.165) is 12.1 Å². The number of rotatable bonds is 2. The van der Waals surface area contributed by atoms with Gasteiger partial charge in [-0.25, -0.2) is 4.39 Å². The van der Waals surface area contributed by atoms with Gasteiger partial charge in [0.2, 0.25) is 5.78 Å². The summed E-state index contributed by atoms with van der Waals surface area (Å²) in [6.07, 6.45) is -6.10. The second-order valence-electron chi connectivity index (χ2n) is 3.00. The molecule has 0 unspecified atom stereocenters. The molecule has 1 aromatic rings. The van der Waals surface area contributed by atoms with Crippen LogP contribution in [-0.4, -0.2) is 17.9 Å². The first-order valence-electron chi connectivity index (χ1n) is 4.02. The van der Waals surface area contributed by atoms with Gasteiger partial charge < -0.3 is 0 Å². The van der Waals surface area contributed by atoms with E-state index < -0.39 is 34.3 Å². The van der Waals surface area contributed by atoms with Gasteiger partial charge in [0.1, 0.15) is 5.82 Å². The summed E-state index contributed by atoms with van der Waals surface area (Å²) in [5.41, 5.74) is -1.48. The van der Waals surface area contributed by atoms with Gasteiger partial charge in [0.15, 0.2) is 0 Å². The van der Waals surface area contributed by atoms with Crippen LogP contribution >= 0.6 is 11.6 Å². The normalized spacial score (nSPS) is 12.6. The summed E-state index contributed by atoms with van der Waals surface area (Å²) in [5, 5.41) is -0.807. The molecule has 0 aliphatic rings. The van der Waals surface area contributed by atoms with Crippen LogP contribution in [-0.2, 0) is 0 Å². The van der Waals surface area contributed by atoms with Crippen LogP contribution in [0, 0.1) is 5.82 Å². The molecule has 0 bridgehead atoms. The molecule has 0 aromatic heterocycles. The predicted octanol–water partition coefficient (Wildman–Crippen LogP) is 3.86. The molecule has 0 radical (unpaired) electrons. The molecule has 0 amide bonds. The number of benzene rings is 1. The number of carbonyl (C=O) groups excluding carboxylic acids is 1. The fraction of sp³-hybridized carbons (Fsp3) is 0.222. The van der Waals surface area contributed by atoms with Crippen molar-refractivity contribution in [3.63, 3.8) is 0 Å².